The summed E-state index contributed by atoms with van der Waals surface area (Å²) >= 11 is 1.33. The van der Waals surface area contributed by atoms with Crippen LogP contribution >= 0.6 is 11.9 Å². The molecule has 13 nitrogen and oxygen atoms in total. The Morgan fingerprint density at radius 3 is 2.68 bits per heavy atom. The van der Waals surface area contributed by atoms with E-state index in [1.165, 1.54) is 42.3 Å². The van der Waals surface area contributed by atoms with Gasteiger partial charge in [0.15, 0.2) is 0 Å². The quantitative estimate of drug-likeness (QED) is 0.0771. The molecular weight excluding hydrogens is 590 g/mol. The number of para-hydroxylation sites is 1. The summed E-state index contributed by atoms with van der Waals surface area (Å²) in [4.78, 5) is 53.2. The van der Waals surface area contributed by atoms with Crippen LogP contribution in [0, 0.1) is 17.0 Å². The molecule has 0 radical (unpaired) electrons. The Morgan fingerprint density at radius 2 is 1.98 bits per heavy atom. The summed E-state index contributed by atoms with van der Waals surface area (Å²) in [5.41, 5.74) is -2.58. The van der Waals surface area contributed by atoms with E-state index in [1.807, 2.05) is 25.1 Å². The number of amides is 2. The van der Waals surface area contributed by atoms with Crippen molar-refractivity contribution in [1.29, 1.82) is 0 Å². The van der Waals surface area contributed by atoms with Crippen LogP contribution in [0.25, 0.3) is 0 Å². The number of nitro benzene ring substituents is 1. The molecule has 0 bridgehead atoms. The Hall–Kier alpha value is -4.24. The number of rotatable bonds is 12. The number of aromatic amines is 1. The zero-order chi connectivity index (χ0) is 31.9. The van der Waals surface area contributed by atoms with Gasteiger partial charge in [-0.15, -0.1) is 0 Å². The average Bonchev–Trinajstić information content (AvgIpc) is 3.51. The molecule has 2 aromatic carbocycles. The monoisotopic (exact) mass is 623 g/mol. The molecule has 5 rings (SSSR count). The number of carbonyl (C=O) groups is 3. The maximum Gasteiger partial charge on any atom is 0.280 e. The van der Waals surface area contributed by atoms with Crippen molar-refractivity contribution in [2.75, 3.05) is 26.2 Å². The minimum atomic E-state index is -2.57. The largest absolute Gasteiger partial charge is 0.454 e. The molecule has 2 aliphatic rings. The first-order chi connectivity index (χ1) is 20.8. The number of benzene rings is 2. The Morgan fingerprint density at radius 1 is 1.23 bits per heavy atom. The summed E-state index contributed by atoms with van der Waals surface area (Å²) < 4.78 is 13.7. The molecule has 2 heterocycles. The molecule has 14 heteroatoms. The van der Waals surface area contributed by atoms with Crippen LogP contribution < -0.4 is 15.4 Å². The normalized spacial score (nSPS) is 20.1. The molecule has 232 valence electrons. The fourth-order valence-electron chi connectivity index (χ4n) is 5.54. The Balaban J connectivity index is 1.46. The van der Waals surface area contributed by atoms with E-state index >= 15 is 0 Å². The molecule has 1 aliphatic carbocycles. The number of nitrogens with zero attached hydrogens (tertiary/aromatic N) is 2. The molecule has 0 spiro atoms. The minimum absolute atomic E-state index is 0.115. The van der Waals surface area contributed by atoms with Crippen molar-refractivity contribution in [3.8, 4) is 5.75 Å². The van der Waals surface area contributed by atoms with E-state index in [2.05, 4.69) is 15.6 Å². The molecular formula is C30H33N5O8S. The summed E-state index contributed by atoms with van der Waals surface area (Å²) in [6.45, 7) is 9.43. The molecule has 4 N–H and O–H groups in total. The molecule has 2 amide bonds. The van der Waals surface area contributed by atoms with Crippen LogP contribution in [0.5, 0.6) is 5.75 Å². The van der Waals surface area contributed by atoms with Gasteiger partial charge in [-0.3, -0.25) is 24.5 Å². The average molecular weight is 624 g/mol. The van der Waals surface area contributed by atoms with Gasteiger partial charge in [-0.1, -0.05) is 30.3 Å². The van der Waals surface area contributed by atoms with E-state index in [0.29, 0.717) is 43.2 Å². The first-order valence-corrected chi connectivity index (χ1v) is 14.7. The third-order valence-electron chi connectivity index (χ3n) is 7.43. The van der Waals surface area contributed by atoms with Gasteiger partial charge in [0.05, 0.1) is 22.2 Å². The second kappa shape index (κ2) is 11.7. The number of hydrogen-bond donors (Lipinski definition) is 4. The highest BCUT2D eigenvalue weighted by atomic mass is 32.2. The molecule has 44 heavy (non-hydrogen) atoms. The van der Waals surface area contributed by atoms with Crippen LogP contribution in [0.15, 0.2) is 53.6 Å². The van der Waals surface area contributed by atoms with Crippen LogP contribution in [0.4, 0.5) is 5.69 Å². The van der Waals surface area contributed by atoms with Gasteiger partial charge < -0.3 is 30.2 Å². The summed E-state index contributed by atoms with van der Waals surface area (Å²) in [6, 6.07) is 12.0. The van der Waals surface area contributed by atoms with E-state index < -0.39 is 33.6 Å². The number of aryl methyl sites for hydroxylation is 1. The van der Waals surface area contributed by atoms with E-state index in [-0.39, 0.29) is 33.7 Å². The molecule has 1 aromatic heterocycles. The third-order valence-corrected chi connectivity index (χ3v) is 8.47. The zero-order valence-electron chi connectivity index (χ0n) is 24.6. The van der Waals surface area contributed by atoms with Crippen LogP contribution in [0.3, 0.4) is 0 Å². The highest BCUT2D eigenvalue weighted by Crippen LogP contribution is 2.59. The van der Waals surface area contributed by atoms with Crippen LogP contribution in [0.2, 0.25) is 0 Å². The molecule has 2 unspecified atom stereocenters. The summed E-state index contributed by atoms with van der Waals surface area (Å²) in [6.07, 6.45) is 0.623. The van der Waals surface area contributed by atoms with Gasteiger partial charge in [0.1, 0.15) is 17.0 Å². The smallest absolute Gasteiger partial charge is 0.280 e. The molecule has 0 fully saturated rings. The number of aliphatic hydroxyl groups is 1. The number of carbonyl (C=O) groups excluding carboxylic acids is 3. The summed E-state index contributed by atoms with van der Waals surface area (Å²) in [5, 5.41) is 30.0. The number of nitrogens with one attached hydrogen (secondary N) is 3. The molecule has 1 aliphatic heterocycles. The van der Waals surface area contributed by atoms with Gasteiger partial charge in [0.2, 0.25) is 17.7 Å². The van der Waals surface area contributed by atoms with E-state index in [0.717, 1.165) is 0 Å². The molecule has 3 aromatic rings. The van der Waals surface area contributed by atoms with E-state index in [1.54, 1.807) is 25.1 Å². The first-order valence-electron chi connectivity index (χ1n) is 13.9. The third kappa shape index (κ3) is 5.34. The van der Waals surface area contributed by atoms with Crippen LogP contribution in [-0.2, 0) is 20.9 Å². The topological polar surface area (TPSA) is 176 Å². The first kappa shape index (κ1) is 31.2. The van der Waals surface area contributed by atoms with Crippen molar-refractivity contribution in [2.24, 2.45) is 0 Å². The van der Waals surface area contributed by atoms with E-state index in [9.17, 15) is 29.6 Å². The number of fused-ring (bicyclic) bond motifs is 5. The number of ether oxygens (including phenoxy) is 2. The lowest BCUT2D eigenvalue weighted by Gasteiger charge is -2.34. The predicted molar refractivity (Wildman–Crippen MR) is 160 cm³/mol. The van der Waals surface area contributed by atoms with Crippen molar-refractivity contribution in [3.63, 3.8) is 0 Å². The Bertz CT molecular complexity index is 1640. The lowest BCUT2D eigenvalue weighted by molar-refractivity contribution is -0.388. The van der Waals surface area contributed by atoms with Gasteiger partial charge in [-0.25, -0.2) is 4.31 Å². The Kier molecular flexibility index (Phi) is 8.29. The number of nitro groups is 1. The van der Waals surface area contributed by atoms with Crippen LogP contribution in [-0.4, -0.2) is 69.3 Å². The van der Waals surface area contributed by atoms with Gasteiger partial charge in [0.25, 0.3) is 17.4 Å². The molecule has 0 saturated carbocycles. The minimum Gasteiger partial charge on any atom is -0.454 e. The highest BCUT2D eigenvalue weighted by molar-refractivity contribution is 7.97. The highest BCUT2D eigenvalue weighted by Gasteiger charge is 2.73. The number of Topliss-reactive ketones (excluding diaryl/α,β-unsaturated/α-hetero) is 1. The van der Waals surface area contributed by atoms with Gasteiger partial charge in [-0.05, 0) is 57.3 Å². The second-order valence-corrected chi connectivity index (χ2v) is 12.6. The fourth-order valence-corrected chi connectivity index (χ4v) is 6.54. The lowest BCUT2D eigenvalue weighted by atomic mass is 9.82. The summed E-state index contributed by atoms with van der Waals surface area (Å²) in [5.74, 6) is -3.91. The summed E-state index contributed by atoms with van der Waals surface area (Å²) in [7, 11) is 0. The van der Waals surface area contributed by atoms with Crippen molar-refractivity contribution in [1.82, 2.24) is 19.9 Å². The number of aromatic nitrogens is 1. The predicted octanol–water partition coefficient (Wildman–Crippen LogP) is 3.16. The lowest BCUT2D eigenvalue weighted by Crippen LogP contribution is -2.60. The molecule has 0 saturated heterocycles. The maximum absolute atomic E-state index is 14.1. The second-order valence-electron chi connectivity index (χ2n) is 11.5. The van der Waals surface area contributed by atoms with E-state index in [4.69, 9.17) is 9.47 Å². The number of hydrogen-bond acceptors (Lipinski definition) is 10. The molecule has 2 atom stereocenters. The van der Waals surface area contributed by atoms with Gasteiger partial charge in [-0.2, -0.15) is 0 Å². The SMILES string of the molecule is Cc1cc(SN(CCNC=O)CCOC(C)(C)C)[nH]c1C(=O)NC12C(=O)c3cccc([N+](=O)[O-])c3C1(O)Oc1ccccc12. The zero-order valence-corrected chi connectivity index (χ0v) is 25.4. The fraction of sp³-hybridized carbons (Fsp3) is 0.367. The van der Waals surface area contributed by atoms with Gasteiger partial charge in [0, 0.05) is 36.8 Å². The van der Waals surface area contributed by atoms with Crippen molar-refractivity contribution in [2.45, 2.75) is 49.6 Å². The number of H-pyrrole nitrogens is 1. The van der Waals surface area contributed by atoms with Crippen LogP contribution in [0.1, 0.15) is 58.3 Å². The van der Waals surface area contributed by atoms with Crippen molar-refractivity contribution >= 4 is 35.7 Å². The maximum atomic E-state index is 14.1. The standard InChI is InChI=1S/C30H33N5O8S/c1-18-16-23(44-34(13-12-31-17-36)14-15-42-28(2,3)4)32-25(18)27(38)33-29-20-9-5-6-11-22(20)43-30(29,39)24-19(26(29)37)8-7-10-21(24)35(40)41/h5-11,16-17,32,39H,12-15H2,1-4H3,(H,31,36)(H,33,38). The van der Waals surface area contributed by atoms with Crippen molar-refractivity contribution in [3.05, 3.63) is 86.6 Å². The van der Waals surface area contributed by atoms with Crippen molar-refractivity contribution < 1.29 is 33.9 Å². The number of ketones is 1. The Labute approximate surface area is 257 Å². The van der Waals surface area contributed by atoms with Gasteiger partial charge >= 0.3 is 0 Å².